The quantitative estimate of drug-likeness (QED) is 0.869. The summed E-state index contributed by atoms with van der Waals surface area (Å²) in [6.45, 7) is 3.61. The van der Waals surface area contributed by atoms with Crippen molar-refractivity contribution >= 4 is 33.5 Å². The van der Waals surface area contributed by atoms with Crippen molar-refractivity contribution in [3.8, 4) is 11.4 Å². The topological polar surface area (TPSA) is 80.9 Å². The normalized spacial score (nSPS) is 11.6. The molecule has 0 saturated heterocycles. The average Bonchev–Trinajstić information content (AvgIpc) is 2.89. The lowest BCUT2D eigenvalue weighted by Crippen LogP contribution is -2.42. The van der Waals surface area contributed by atoms with Crippen molar-refractivity contribution in [3.05, 3.63) is 27.7 Å². The van der Waals surface area contributed by atoms with Gasteiger partial charge in [0.25, 0.3) is 0 Å². The minimum Gasteiger partial charge on any atom is -0.479 e. The highest BCUT2D eigenvalue weighted by atomic mass is 79.9. The van der Waals surface area contributed by atoms with Crippen LogP contribution in [0.25, 0.3) is 11.4 Å². The molecule has 21 heavy (non-hydrogen) atoms. The molecule has 0 saturated carbocycles. The molecule has 0 amide bonds. The molecule has 0 aliphatic rings. The van der Waals surface area contributed by atoms with Gasteiger partial charge in [-0.1, -0.05) is 41.4 Å². The molecule has 0 fully saturated rings. The Morgan fingerprint density at radius 2 is 2.05 bits per heavy atom. The molecule has 2 aromatic rings. The van der Waals surface area contributed by atoms with E-state index >= 15 is 0 Å². The number of carbonyl (C=O) groups is 1. The first-order chi connectivity index (χ1) is 9.94. The zero-order valence-corrected chi connectivity index (χ0v) is 13.9. The van der Waals surface area contributed by atoms with Gasteiger partial charge in [-0.15, -0.1) is 5.10 Å². The largest absolute Gasteiger partial charge is 0.479 e. The number of hydrogen-bond acceptors (Lipinski definition) is 4. The number of benzene rings is 1. The Labute approximate surface area is 135 Å². The van der Waals surface area contributed by atoms with E-state index in [0.717, 1.165) is 4.47 Å². The van der Waals surface area contributed by atoms with Crippen LogP contribution in [-0.4, -0.2) is 31.3 Å². The van der Waals surface area contributed by atoms with Crippen LogP contribution in [0, 0.1) is 0 Å². The first-order valence-electron chi connectivity index (χ1n) is 6.43. The fourth-order valence-corrected chi connectivity index (χ4v) is 3.14. The van der Waals surface area contributed by atoms with Crippen molar-refractivity contribution in [2.45, 2.75) is 32.2 Å². The van der Waals surface area contributed by atoms with Crippen LogP contribution >= 0.6 is 27.5 Å². The minimum absolute atomic E-state index is 0.374. The lowest BCUT2D eigenvalue weighted by Gasteiger charge is -2.27. The fraction of sp³-hybridized carbons (Fsp3) is 0.385. The van der Waals surface area contributed by atoms with Crippen LogP contribution < -0.4 is 0 Å². The summed E-state index contributed by atoms with van der Waals surface area (Å²) in [5.74, 6) is -0.577. The van der Waals surface area contributed by atoms with Gasteiger partial charge < -0.3 is 5.11 Å². The first kappa shape index (κ1) is 15.9. The zero-order valence-electron chi connectivity index (χ0n) is 11.5. The number of aromatic nitrogens is 4. The van der Waals surface area contributed by atoms with E-state index in [4.69, 9.17) is 11.6 Å². The molecule has 0 spiro atoms. The Morgan fingerprint density at radius 3 is 2.57 bits per heavy atom. The molecular weight excluding hydrogens is 360 g/mol. The van der Waals surface area contributed by atoms with Gasteiger partial charge in [0.1, 0.15) is 0 Å². The van der Waals surface area contributed by atoms with Crippen LogP contribution in [0.5, 0.6) is 0 Å². The predicted molar refractivity (Wildman–Crippen MR) is 82.2 cm³/mol. The Hall–Kier alpha value is -1.47. The molecule has 6 nitrogen and oxygen atoms in total. The van der Waals surface area contributed by atoms with E-state index in [1.165, 1.54) is 4.68 Å². The Bertz CT molecular complexity index is 650. The van der Waals surface area contributed by atoms with Crippen molar-refractivity contribution in [2.24, 2.45) is 0 Å². The molecule has 1 aromatic carbocycles. The molecule has 0 aliphatic heterocycles. The molecule has 1 heterocycles. The van der Waals surface area contributed by atoms with E-state index in [1.54, 1.807) is 32.0 Å². The first-order valence-corrected chi connectivity index (χ1v) is 7.60. The van der Waals surface area contributed by atoms with Gasteiger partial charge in [0.15, 0.2) is 11.4 Å². The second-order valence-corrected chi connectivity index (χ2v) is 5.97. The standard InChI is InChI=1S/C13H14BrClN4O2/c1-3-13(4-2,12(20)21)19-11(16-17-18-19)8-5-9(14)7-10(15)6-8/h5-7H,3-4H2,1-2H3,(H,20,21). The number of halogens is 2. The average molecular weight is 374 g/mol. The number of hydrogen-bond donors (Lipinski definition) is 1. The third-order valence-electron chi connectivity index (χ3n) is 3.56. The van der Waals surface area contributed by atoms with Gasteiger partial charge in [0, 0.05) is 15.1 Å². The van der Waals surface area contributed by atoms with E-state index in [0.29, 0.717) is 29.3 Å². The van der Waals surface area contributed by atoms with E-state index in [9.17, 15) is 9.90 Å². The number of carboxylic acid groups (broad SMARTS) is 1. The number of nitrogens with zero attached hydrogens (tertiary/aromatic N) is 4. The van der Waals surface area contributed by atoms with Crippen LogP contribution in [0.3, 0.4) is 0 Å². The molecular formula is C13H14BrClN4O2. The molecule has 8 heteroatoms. The molecule has 1 aromatic heterocycles. The monoisotopic (exact) mass is 372 g/mol. The fourth-order valence-electron chi connectivity index (χ4n) is 2.28. The van der Waals surface area contributed by atoms with Crippen molar-refractivity contribution in [1.29, 1.82) is 0 Å². The summed E-state index contributed by atoms with van der Waals surface area (Å²) in [7, 11) is 0. The molecule has 112 valence electrons. The van der Waals surface area contributed by atoms with Crippen LogP contribution in [0.2, 0.25) is 5.02 Å². The maximum absolute atomic E-state index is 11.7. The van der Waals surface area contributed by atoms with Gasteiger partial charge in [-0.25, -0.2) is 9.48 Å². The molecule has 2 rings (SSSR count). The summed E-state index contributed by atoms with van der Waals surface area (Å²) < 4.78 is 2.14. The highest BCUT2D eigenvalue weighted by Gasteiger charge is 2.40. The molecule has 0 unspecified atom stereocenters. The van der Waals surface area contributed by atoms with Gasteiger partial charge in [0.05, 0.1) is 0 Å². The summed E-state index contributed by atoms with van der Waals surface area (Å²) in [4.78, 5) is 11.7. The summed E-state index contributed by atoms with van der Waals surface area (Å²) >= 11 is 9.40. The third kappa shape index (κ3) is 2.80. The van der Waals surface area contributed by atoms with Gasteiger partial charge in [-0.3, -0.25) is 0 Å². The lowest BCUT2D eigenvalue weighted by atomic mass is 9.92. The van der Waals surface area contributed by atoms with Crippen LogP contribution in [0.1, 0.15) is 26.7 Å². The van der Waals surface area contributed by atoms with Crippen molar-refractivity contribution in [1.82, 2.24) is 20.2 Å². The minimum atomic E-state index is -1.17. The second kappa shape index (κ2) is 6.11. The molecule has 0 aliphatic carbocycles. The van der Waals surface area contributed by atoms with E-state index < -0.39 is 11.5 Å². The highest BCUT2D eigenvalue weighted by Crippen LogP contribution is 2.32. The van der Waals surface area contributed by atoms with Crippen LogP contribution in [0.4, 0.5) is 0 Å². The maximum atomic E-state index is 11.7. The molecule has 1 N–H and O–H groups in total. The van der Waals surface area contributed by atoms with Gasteiger partial charge in [-0.05, 0) is 41.5 Å². The maximum Gasteiger partial charge on any atom is 0.331 e. The molecule has 0 bridgehead atoms. The van der Waals surface area contributed by atoms with E-state index in [1.807, 2.05) is 0 Å². The number of rotatable bonds is 5. The summed E-state index contributed by atoms with van der Waals surface area (Å²) in [6, 6.07) is 5.24. The summed E-state index contributed by atoms with van der Waals surface area (Å²) in [5, 5.41) is 21.7. The molecule has 0 atom stereocenters. The number of aliphatic carboxylic acids is 1. The smallest absolute Gasteiger partial charge is 0.331 e. The van der Waals surface area contributed by atoms with Gasteiger partial charge >= 0.3 is 5.97 Å². The number of carboxylic acids is 1. The second-order valence-electron chi connectivity index (χ2n) is 4.62. The van der Waals surface area contributed by atoms with E-state index in [-0.39, 0.29) is 0 Å². The third-order valence-corrected chi connectivity index (χ3v) is 4.24. The summed E-state index contributed by atoms with van der Waals surface area (Å²) in [5.41, 5.74) is -0.514. The van der Waals surface area contributed by atoms with Crippen molar-refractivity contribution < 1.29 is 9.90 Å². The summed E-state index contributed by atoms with van der Waals surface area (Å²) in [6.07, 6.45) is 0.747. The Balaban J connectivity index is 2.64. The Morgan fingerprint density at radius 1 is 1.38 bits per heavy atom. The zero-order chi connectivity index (χ0) is 15.6. The van der Waals surface area contributed by atoms with Crippen molar-refractivity contribution in [2.75, 3.05) is 0 Å². The van der Waals surface area contributed by atoms with Gasteiger partial charge in [-0.2, -0.15) is 0 Å². The van der Waals surface area contributed by atoms with Crippen LogP contribution in [-0.2, 0) is 10.3 Å². The van der Waals surface area contributed by atoms with Crippen molar-refractivity contribution in [3.63, 3.8) is 0 Å². The predicted octanol–water partition coefficient (Wildman–Crippen LogP) is 3.36. The SMILES string of the molecule is CCC(CC)(C(=O)O)n1nnnc1-c1cc(Cl)cc(Br)c1. The van der Waals surface area contributed by atoms with Crippen LogP contribution in [0.15, 0.2) is 22.7 Å². The molecule has 0 radical (unpaired) electrons. The Kier molecular flexibility index (Phi) is 4.63. The van der Waals surface area contributed by atoms with Gasteiger partial charge in [0.2, 0.25) is 0 Å². The highest BCUT2D eigenvalue weighted by molar-refractivity contribution is 9.10. The lowest BCUT2D eigenvalue weighted by molar-refractivity contribution is -0.148. The number of tetrazole rings is 1. The van der Waals surface area contributed by atoms with E-state index in [2.05, 4.69) is 31.5 Å².